The Morgan fingerprint density at radius 2 is 2.05 bits per heavy atom. The summed E-state index contributed by atoms with van der Waals surface area (Å²) in [6.45, 7) is 0. The molecule has 0 radical (unpaired) electrons. The van der Waals surface area contributed by atoms with E-state index in [9.17, 15) is 18.0 Å². The van der Waals surface area contributed by atoms with Crippen molar-refractivity contribution in [1.29, 1.82) is 0 Å². The van der Waals surface area contributed by atoms with E-state index in [0.29, 0.717) is 5.69 Å². The first kappa shape index (κ1) is 16.0. The van der Waals surface area contributed by atoms with Crippen LogP contribution in [0.5, 0.6) is 0 Å². The summed E-state index contributed by atoms with van der Waals surface area (Å²) in [6.07, 6.45) is -5.35. The van der Waals surface area contributed by atoms with E-state index in [2.05, 4.69) is 48.6 Å². The van der Waals surface area contributed by atoms with Crippen LogP contribution in [0.15, 0.2) is 22.7 Å². The van der Waals surface area contributed by atoms with Crippen LogP contribution in [0.3, 0.4) is 0 Å². The number of halogens is 5. The maximum atomic E-state index is 12.0. The maximum Gasteiger partial charge on any atom is 0.522 e. The third-order valence-electron chi connectivity index (χ3n) is 2.95. The Bertz CT molecular complexity index is 518. The van der Waals surface area contributed by atoms with Crippen LogP contribution >= 0.6 is 38.5 Å². The summed E-state index contributed by atoms with van der Waals surface area (Å²) in [7, 11) is 0. The Hall–Kier alpha value is -0.350. The number of alkyl halides is 3. The van der Waals surface area contributed by atoms with Gasteiger partial charge in [0, 0.05) is 14.0 Å². The summed E-state index contributed by atoms with van der Waals surface area (Å²) < 4.78 is 41.5. The van der Waals surface area contributed by atoms with Gasteiger partial charge in [0.25, 0.3) is 0 Å². The average Bonchev–Trinajstić information content (AvgIpc) is 2.25. The van der Waals surface area contributed by atoms with Crippen LogP contribution in [-0.2, 0) is 9.53 Å². The van der Waals surface area contributed by atoms with Gasteiger partial charge in [-0.15, -0.1) is 13.2 Å². The van der Waals surface area contributed by atoms with Gasteiger partial charge in [-0.1, -0.05) is 15.9 Å². The highest BCUT2D eigenvalue weighted by Crippen LogP contribution is 2.35. The van der Waals surface area contributed by atoms with Crippen molar-refractivity contribution in [2.45, 2.75) is 25.3 Å². The lowest BCUT2D eigenvalue weighted by Crippen LogP contribution is -2.41. The molecular formula is C12H10BrF3INO2. The highest BCUT2D eigenvalue weighted by atomic mass is 127. The molecule has 1 fully saturated rings. The van der Waals surface area contributed by atoms with Crippen molar-refractivity contribution in [3.8, 4) is 0 Å². The van der Waals surface area contributed by atoms with Gasteiger partial charge in [-0.2, -0.15) is 0 Å². The van der Waals surface area contributed by atoms with Gasteiger partial charge in [-0.3, -0.25) is 9.53 Å². The van der Waals surface area contributed by atoms with Crippen LogP contribution in [-0.4, -0.2) is 18.4 Å². The van der Waals surface area contributed by atoms with E-state index in [0.717, 1.165) is 8.04 Å². The number of carbonyl (C=O) groups is 1. The van der Waals surface area contributed by atoms with Crippen molar-refractivity contribution in [2.75, 3.05) is 5.32 Å². The molecular weight excluding hydrogens is 454 g/mol. The summed E-state index contributed by atoms with van der Waals surface area (Å²) in [6, 6.07) is 5.37. The number of amides is 1. The number of rotatable bonds is 3. The molecule has 0 spiro atoms. The van der Waals surface area contributed by atoms with Gasteiger partial charge >= 0.3 is 6.36 Å². The SMILES string of the molecule is O=C(Nc1ccc(Br)cc1I)C1CC(OC(F)(F)F)C1. The second-order valence-corrected chi connectivity index (χ2v) is 6.55. The van der Waals surface area contributed by atoms with Crippen LogP contribution in [0, 0.1) is 9.49 Å². The van der Waals surface area contributed by atoms with E-state index in [4.69, 9.17) is 0 Å². The molecule has 0 aliphatic heterocycles. The largest absolute Gasteiger partial charge is 0.522 e. The van der Waals surface area contributed by atoms with Crippen molar-refractivity contribution in [3.63, 3.8) is 0 Å². The third-order valence-corrected chi connectivity index (χ3v) is 4.34. The van der Waals surface area contributed by atoms with Crippen molar-refractivity contribution >= 4 is 50.1 Å². The van der Waals surface area contributed by atoms with E-state index >= 15 is 0 Å². The number of nitrogens with one attached hydrogen (secondary N) is 1. The van der Waals surface area contributed by atoms with E-state index < -0.39 is 18.4 Å². The molecule has 1 aliphatic carbocycles. The lowest BCUT2D eigenvalue weighted by molar-refractivity contribution is -0.353. The summed E-state index contributed by atoms with van der Waals surface area (Å²) in [5.74, 6) is -0.700. The molecule has 1 aromatic carbocycles. The molecule has 1 N–H and O–H groups in total. The van der Waals surface area contributed by atoms with Crippen LogP contribution in [0.1, 0.15) is 12.8 Å². The van der Waals surface area contributed by atoms with E-state index in [1.807, 2.05) is 6.07 Å². The number of carbonyl (C=O) groups excluding carboxylic acids is 1. The van der Waals surface area contributed by atoms with E-state index in [1.54, 1.807) is 12.1 Å². The molecule has 0 bridgehead atoms. The topological polar surface area (TPSA) is 38.3 Å². The Labute approximate surface area is 135 Å². The van der Waals surface area contributed by atoms with Gasteiger partial charge in [-0.25, -0.2) is 0 Å². The van der Waals surface area contributed by atoms with Crippen molar-refractivity contribution in [3.05, 3.63) is 26.2 Å². The monoisotopic (exact) mass is 463 g/mol. The molecule has 0 saturated heterocycles. The second kappa shape index (κ2) is 6.18. The molecule has 1 aromatic rings. The first-order valence-corrected chi connectivity index (χ1v) is 7.62. The predicted octanol–water partition coefficient (Wildman–Crippen LogP) is 4.31. The van der Waals surface area contributed by atoms with Crippen LogP contribution in [0.25, 0.3) is 0 Å². The molecule has 20 heavy (non-hydrogen) atoms. The highest BCUT2D eigenvalue weighted by molar-refractivity contribution is 14.1. The molecule has 0 unspecified atom stereocenters. The molecule has 1 aliphatic rings. The minimum atomic E-state index is -4.63. The molecule has 1 amide bonds. The Morgan fingerprint density at radius 1 is 1.40 bits per heavy atom. The molecule has 1 saturated carbocycles. The van der Waals surface area contributed by atoms with Crippen LogP contribution < -0.4 is 5.32 Å². The first-order chi connectivity index (χ1) is 9.24. The van der Waals surface area contributed by atoms with Gasteiger partial charge in [0.15, 0.2) is 0 Å². The summed E-state index contributed by atoms with van der Waals surface area (Å²) >= 11 is 5.39. The number of hydrogen-bond donors (Lipinski definition) is 1. The fourth-order valence-corrected chi connectivity index (χ4v) is 3.33. The Balaban J connectivity index is 1.85. The third kappa shape index (κ3) is 4.32. The fraction of sp³-hybridized carbons (Fsp3) is 0.417. The zero-order chi connectivity index (χ0) is 14.9. The highest BCUT2D eigenvalue weighted by Gasteiger charge is 2.42. The molecule has 0 atom stereocenters. The van der Waals surface area contributed by atoms with Crippen molar-refractivity contribution in [1.82, 2.24) is 0 Å². The van der Waals surface area contributed by atoms with Crippen LogP contribution in [0.4, 0.5) is 18.9 Å². The lowest BCUT2D eigenvalue weighted by atomic mass is 9.81. The van der Waals surface area contributed by atoms with Crippen LogP contribution in [0.2, 0.25) is 0 Å². The maximum absolute atomic E-state index is 12.0. The quantitative estimate of drug-likeness (QED) is 0.678. The lowest BCUT2D eigenvalue weighted by Gasteiger charge is -2.34. The van der Waals surface area contributed by atoms with Gasteiger partial charge < -0.3 is 5.32 Å². The Morgan fingerprint density at radius 3 is 2.60 bits per heavy atom. The molecule has 3 nitrogen and oxygen atoms in total. The number of benzene rings is 1. The van der Waals surface area contributed by atoms with Gasteiger partial charge in [-0.05, 0) is 53.6 Å². The minimum absolute atomic E-state index is 0.0957. The zero-order valence-electron chi connectivity index (χ0n) is 10.0. The smallest absolute Gasteiger partial charge is 0.325 e. The fourth-order valence-electron chi connectivity index (χ4n) is 1.89. The normalized spacial score (nSPS) is 22.2. The van der Waals surface area contributed by atoms with Gasteiger partial charge in [0.2, 0.25) is 5.91 Å². The van der Waals surface area contributed by atoms with E-state index in [1.165, 1.54) is 0 Å². The summed E-state index contributed by atoms with van der Waals surface area (Å²) in [5, 5.41) is 2.72. The number of ether oxygens (including phenoxy) is 1. The summed E-state index contributed by atoms with van der Waals surface area (Å²) in [4.78, 5) is 11.9. The number of anilines is 1. The average molecular weight is 464 g/mol. The molecule has 2 rings (SSSR count). The molecule has 0 aromatic heterocycles. The first-order valence-electron chi connectivity index (χ1n) is 5.75. The van der Waals surface area contributed by atoms with Gasteiger partial charge in [0.1, 0.15) is 0 Å². The van der Waals surface area contributed by atoms with Crippen molar-refractivity contribution < 1.29 is 22.7 Å². The number of hydrogen-bond acceptors (Lipinski definition) is 2. The Kier molecular flexibility index (Phi) is 4.96. The van der Waals surface area contributed by atoms with E-state index in [-0.39, 0.29) is 18.7 Å². The second-order valence-electron chi connectivity index (χ2n) is 4.47. The molecule has 8 heteroatoms. The molecule has 110 valence electrons. The standard InChI is InChI=1S/C12H10BrF3INO2/c13-7-1-2-10(9(17)5-7)18-11(19)6-3-8(4-6)20-12(14,15)16/h1-2,5-6,8H,3-4H2,(H,18,19). The zero-order valence-corrected chi connectivity index (χ0v) is 13.8. The van der Waals surface area contributed by atoms with Crippen molar-refractivity contribution in [2.24, 2.45) is 5.92 Å². The minimum Gasteiger partial charge on any atom is -0.325 e. The predicted molar refractivity (Wildman–Crippen MR) is 79.1 cm³/mol. The summed E-state index contributed by atoms with van der Waals surface area (Å²) in [5.41, 5.74) is 0.652. The van der Waals surface area contributed by atoms with Gasteiger partial charge in [0.05, 0.1) is 11.8 Å². The molecule has 0 heterocycles.